The Kier molecular flexibility index (Phi) is 4.73. The van der Waals surface area contributed by atoms with Crippen molar-refractivity contribution in [3.8, 4) is 0 Å². The number of aromatic nitrogens is 2. The number of hydrogen-bond acceptors (Lipinski definition) is 6. The summed E-state index contributed by atoms with van der Waals surface area (Å²) in [6.45, 7) is 1.30. The SMILES string of the molecule is O=Cc1ccc(N2CC[C@@H](Nc3ncc(Cl)cn3)[C@H](O)C2)cc1. The van der Waals surface area contributed by atoms with E-state index in [0.717, 1.165) is 24.9 Å². The minimum Gasteiger partial charge on any atom is -0.389 e. The van der Waals surface area contributed by atoms with E-state index in [1.807, 2.05) is 12.1 Å². The highest BCUT2D eigenvalue weighted by atomic mass is 35.5. The number of aldehydes is 1. The lowest BCUT2D eigenvalue weighted by atomic mass is 10.0. The van der Waals surface area contributed by atoms with Gasteiger partial charge in [-0.2, -0.15) is 0 Å². The van der Waals surface area contributed by atoms with Crippen molar-refractivity contribution in [1.82, 2.24) is 9.97 Å². The molecule has 1 aromatic carbocycles. The molecule has 7 heteroatoms. The number of hydrogen-bond donors (Lipinski definition) is 2. The van der Waals surface area contributed by atoms with Crippen molar-refractivity contribution in [2.75, 3.05) is 23.3 Å². The van der Waals surface area contributed by atoms with Crippen LogP contribution >= 0.6 is 11.6 Å². The molecular formula is C16H17ClN4O2. The maximum Gasteiger partial charge on any atom is 0.222 e. The Balaban J connectivity index is 1.62. The Hall–Kier alpha value is -2.18. The smallest absolute Gasteiger partial charge is 0.222 e. The number of benzene rings is 1. The monoisotopic (exact) mass is 332 g/mol. The molecule has 1 aliphatic rings. The van der Waals surface area contributed by atoms with Gasteiger partial charge in [-0.15, -0.1) is 0 Å². The molecule has 0 amide bonds. The Labute approximate surface area is 139 Å². The molecule has 2 atom stereocenters. The summed E-state index contributed by atoms with van der Waals surface area (Å²) in [5.41, 5.74) is 1.64. The Morgan fingerprint density at radius 2 is 1.96 bits per heavy atom. The molecule has 1 saturated heterocycles. The molecule has 0 aliphatic carbocycles. The standard InChI is InChI=1S/C16H17ClN4O2/c17-12-7-18-16(19-8-12)20-14-5-6-21(9-15(14)23)13-3-1-11(10-22)2-4-13/h1-4,7-8,10,14-15,23H,5-6,9H2,(H,18,19,20)/t14-,15-/m1/s1. The highest BCUT2D eigenvalue weighted by molar-refractivity contribution is 6.30. The Bertz CT molecular complexity index is 663. The van der Waals surface area contributed by atoms with Crippen LogP contribution in [0.5, 0.6) is 0 Å². The second kappa shape index (κ2) is 6.93. The Morgan fingerprint density at radius 3 is 2.57 bits per heavy atom. The number of aliphatic hydroxyl groups is 1. The summed E-state index contributed by atoms with van der Waals surface area (Å²) in [5.74, 6) is 0.460. The van der Waals surface area contributed by atoms with E-state index in [0.29, 0.717) is 23.1 Å². The number of nitrogens with zero attached hydrogens (tertiary/aromatic N) is 3. The molecule has 2 heterocycles. The molecule has 0 bridgehead atoms. The molecular weight excluding hydrogens is 316 g/mol. The highest BCUT2D eigenvalue weighted by Crippen LogP contribution is 2.22. The van der Waals surface area contributed by atoms with E-state index in [1.54, 1.807) is 12.1 Å². The van der Waals surface area contributed by atoms with E-state index in [1.165, 1.54) is 12.4 Å². The van der Waals surface area contributed by atoms with Gasteiger partial charge < -0.3 is 15.3 Å². The zero-order valence-corrected chi connectivity index (χ0v) is 13.1. The fourth-order valence-electron chi connectivity index (χ4n) is 2.65. The summed E-state index contributed by atoms with van der Waals surface area (Å²) in [5, 5.41) is 14.0. The highest BCUT2D eigenvalue weighted by Gasteiger charge is 2.28. The number of carbonyl (C=O) groups excluding carboxylic acids is 1. The first-order chi connectivity index (χ1) is 11.2. The number of nitrogens with one attached hydrogen (secondary N) is 1. The predicted molar refractivity (Wildman–Crippen MR) is 89.1 cm³/mol. The Morgan fingerprint density at radius 1 is 1.26 bits per heavy atom. The molecule has 3 rings (SSSR count). The first-order valence-electron chi connectivity index (χ1n) is 7.38. The quantitative estimate of drug-likeness (QED) is 0.834. The van der Waals surface area contributed by atoms with Crippen molar-refractivity contribution in [3.05, 3.63) is 47.2 Å². The third-order valence-corrected chi connectivity index (χ3v) is 4.11. The number of anilines is 2. The number of halogens is 1. The fourth-order valence-corrected chi connectivity index (χ4v) is 2.75. The molecule has 23 heavy (non-hydrogen) atoms. The van der Waals surface area contributed by atoms with Gasteiger partial charge in [-0.25, -0.2) is 9.97 Å². The molecule has 120 valence electrons. The summed E-state index contributed by atoms with van der Waals surface area (Å²) < 4.78 is 0. The van der Waals surface area contributed by atoms with Crippen LogP contribution in [-0.2, 0) is 0 Å². The number of aliphatic hydroxyl groups excluding tert-OH is 1. The van der Waals surface area contributed by atoms with Crippen LogP contribution in [-0.4, -0.2) is 46.6 Å². The average Bonchev–Trinajstić information content (AvgIpc) is 2.59. The largest absolute Gasteiger partial charge is 0.389 e. The third kappa shape index (κ3) is 3.78. The van der Waals surface area contributed by atoms with E-state index in [4.69, 9.17) is 11.6 Å². The lowest BCUT2D eigenvalue weighted by Crippen LogP contribution is -2.50. The fraction of sp³-hybridized carbons (Fsp3) is 0.312. The normalized spacial score (nSPS) is 21.0. The van der Waals surface area contributed by atoms with Crippen molar-refractivity contribution in [2.45, 2.75) is 18.6 Å². The van der Waals surface area contributed by atoms with Gasteiger partial charge >= 0.3 is 0 Å². The summed E-state index contributed by atoms with van der Waals surface area (Å²) in [6, 6.07) is 7.24. The van der Waals surface area contributed by atoms with Crippen LogP contribution in [0.3, 0.4) is 0 Å². The zero-order valence-electron chi connectivity index (χ0n) is 12.4. The van der Waals surface area contributed by atoms with Gasteiger partial charge in [0.2, 0.25) is 5.95 Å². The predicted octanol–water partition coefficient (Wildman–Crippen LogP) is 1.99. The minimum absolute atomic E-state index is 0.110. The molecule has 2 aromatic rings. The molecule has 0 saturated carbocycles. The second-order valence-corrected chi connectivity index (χ2v) is 5.92. The van der Waals surface area contributed by atoms with Crippen LogP contribution in [0.4, 0.5) is 11.6 Å². The zero-order chi connectivity index (χ0) is 16.2. The maximum atomic E-state index is 10.7. The van der Waals surface area contributed by atoms with Crippen LogP contribution in [0.25, 0.3) is 0 Å². The van der Waals surface area contributed by atoms with Gasteiger partial charge in [-0.1, -0.05) is 11.6 Å². The number of piperidine rings is 1. The molecule has 1 aromatic heterocycles. The lowest BCUT2D eigenvalue weighted by molar-refractivity contribution is 0.112. The van der Waals surface area contributed by atoms with Crippen LogP contribution < -0.4 is 10.2 Å². The van der Waals surface area contributed by atoms with Gasteiger partial charge in [-0.3, -0.25) is 4.79 Å². The second-order valence-electron chi connectivity index (χ2n) is 5.49. The van der Waals surface area contributed by atoms with Gasteiger partial charge in [0.15, 0.2) is 0 Å². The van der Waals surface area contributed by atoms with E-state index in [9.17, 15) is 9.90 Å². The van der Waals surface area contributed by atoms with E-state index in [-0.39, 0.29) is 6.04 Å². The molecule has 2 N–H and O–H groups in total. The molecule has 0 spiro atoms. The number of rotatable bonds is 4. The summed E-state index contributed by atoms with van der Waals surface area (Å²) >= 11 is 5.76. The van der Waals surface area contributed by atoms with E-state index < -0.39 is 6.10 Å². The average molecular weight is 333 g/mol. The molecule has 0 unspecified atom stereocenters. The third-order valence-electron chi connectivity index (χ3n) is 3.91. The maximum absolute atomic E-state index is 10.7. The van der Waals surface area contributed by atoms with Crippen molar-refractivity contribution in [2.24, 2.45) is 0 Å². The van der Waals surface area contributed by atoms with Crippen LogP contribution in [0.15, 0.2) is 36.7 Å². The molecule has 1 aliphatic heterocycles. The van der Waals surface area contributed by atoms with E-state index >= 15 is 0 Å². The van der Waals surface area contributed by atoms with Gasteiger partial charge in [-0.05, 0) is 30.7 Å². The number of carbonyl (C=O) groups is 1. The van der Waals surface area contributed by atoms with Crippen LogP contribution in [0, 0.1) is 0 Å². The lowest BCUT2D eigenvalue weighted by Gasteiger charge is -2.37. The summed E-state index contributed by atoms with van der Waals surface area (Å²) in [7, 11) is 0. The van der Waals surface area contributed by atoms with Gasteiger partial charge in [0.25, 0.3) is 0 Å². The van der Waals surface area contributed by atoms with Gasteiger partial charge in [0.05, 0.1) is 29.6 Å². The molecule has 1 fully saturated rings. The van der Waals surface area contributed by atoms with Crippen molar-refractivity contribution >= 4 is 29.5 Å². The van der Waals surface area contributed by atoms with Crippen molar-refractivity contribution in [1.29, 1.82) is 0 Å². The van der Waals surface area contributed by atoms with Crippen LogP contribution in [0.2, 0.25) is 5.02 Å². The molecule has 0 radical (unpaired) electrons. The van der Waals surface area contributed by atoms with E-state index in [2.05, 4.69) is 20.2 Å². The van der Waals surface area contributed by atoms with Crippen molar-refractivity contribution in [3.63, 3.8) is 0 Å². The van der Waals surface area contributed by atoms with Gasteiger partial charge in [0, 0.05) is 24.3 Å². The number of β-amino-alcohol motifs (C(OH)–C–C–N with tert-alkyl or cyclic N) is 1. The van der Waals surface area contributed by atoms with Gasteiger partial charge in [0.1, 0.15) is 6.29 Å². The first-order valence-corrected chi connectivity index (χ1v) is 7.76. The summed E-state index contributed by atoms with van der Waals surface area (Å²) in [4.78, 5) is 21.0. The van der Waals surface area contributed by atoms with Crippen molar-refractivity contribution < 1.29 is 9.90 Å². The minimum atomic E-state index is -0.547. The van der Waals surface area contributed by atoms with Crippen LogP contribution in [0.1, 0.15) is 16.8 Å². The topological polar surface area (TPSA) is 78.4 Å². The summed E-state index contributed by atoms with van der Waals surface area (Å²) in [6.07, 6.45) is 4.07. The molecule has 6 nitrogen and oxygen atoms in total. The first kappa shape index (κ1) is 15.7.